The van der Waals surface area contributed by atoms with Crippen LogP contribution in [0.2, 0.25) is 0 Å². The number of likely N-dealkylation sites (N-methyl/N-ethyl adjacent to an activating group) is 1. The molecule has 2 rings (SSSR count). The van der Waals surface area contributed by atoms with Crippen molar-refractivity contribution in [3.8, 4) is 0 Å². The van der Waals surface area contributed by atoms with Crippen LogP contribution in [0.3, 0.4) is 0 Å². The second-order valence-corrected chi connectivity index (χ2v) is 6.56. The Morgan fingerprint density at radius 3 is 3.05 bits per heavy atom. The molecular formula is C12H20N4O2S. The Morgan fingerprint density at radius 1 is 1.58 bits per heavy atom. The number of aromatic nitrogens is 1. The summed E-state index contributed by atoms with van der Waals surface area (Å²) in [6, 6.07) is 3.11. The molecule has 106 valence electrons. The van der Waals surface area contributed by atoms with Crippen molar-refractivity contribution in [2.24, 2.45) is 5.73 Å². The zero-order valence-corrected chi connectivity index (χ0v) is 11.9. The van der Waals surface area contributed by atoms with Crippen molar-refractivity contribution in [2.75, 3.05) is 20.1 Å². The van der Waals surface area contributed by atoms with Gasteiger partial charge in [-0.2, -0.15) is 0 Å². The lowest BCUT2D eigenvalue weighted by Gasteiger charge is -2.30. The molecule has 7 heteroatoms. The number of rotatable bonds is 4. The molecule has 1 aliphatic rings. The van der Waals surface area contributed by atoms with Gasteiger partial charge in [-0.1, -0.05) is 0 Å². The zero-order chi connectivity index (χ0) is 13.9. The van der Waals surface area contributed by atoms with Crippen molar-refractivity contribution in [2.45, 2.75) is 30.3 Å². The molecule has 0 aliphatic carbocycles. The van der Waals surface area contributed by atoms with Crippen LogP contribution in [0.1, 0.15) is 18.5 Å². The van der Waals surface area contributed by atoms with E-state index in [9.17, 15) is 8.42 Å². The highest BCUT2D eigenvalue weighted by Crippen LogP contribution is 2.15. The van der Waals surface area contributed by atoms with Crippen molar-refractivity contribution < 1.29 is 8.42 Å². The molecule has 0 spiro atoms. The van der Waals surface area contributed by atoms with E-state index in [4.69, 9.17) is 5.73 Å². The highest BCUT2D eigenvalue weighted by atomic mass is 32.2. The summed E-state index contributed by atoms with van der Waals surface area (Å²) in [5.74, 6) is 0. The van der Waals surface area contributed by atoms with Crippen LogP contribution in [-0.2, 0) is 16.6 Å². The summed E-state index contributed by atoms with van der Waals surface area (Å²) in [7, 11) is -1.55. The highest BCUT2D eigenvalue weighted by Gasteiger charge is 2.25. The van der Waals surface area contributed by atoms with E-state index in [0.717, 1.165) is 25.9 Å². The van der Waals surface area contributed by atoms with Gasteiger partial charge in [-0.05, 0) is 38.6 Å². The lowest BCUT2D eigenvalue weighted by Crippen LogP contribution is -2.46. The summed E-state index contributed by atoms with van der Waals surface area (Å²) in [6.07, 6.45) is 3.41. The van der Waals surface area contributed by atoms with Gasteiger partial charge in [0.2, 0.25) is 10.0 Å². The summed E-state index contributed by atoms with van der Waals surface area (Å²) >= 11 is 0. The molecule has 1 saturated heterocycles. The maximum Gasteiger partial charge on any atom is 0.242 e. The molecule has 1 unspecified atom stereocenters. The first kappa shape index (κ1) is 14.4. The molecule has 1 aromatic rings. The number of likely N-dealkylation sites (tertiary alicyclic amines) is 1. The minimum absolute atomic E-state index is 0.0467. The Bertz CT molecular complexity index is 532. The normalized spacial score (nSPS) is 21.5. The summed E-state index contributed by atoms with van der Waals surface area (Å²) in [4.78, 5) is 6.33. The van der Waals surface area contributed by atoms with E-state index in [0.29, 0.717) is 5.69 Å². The minimum Gasteiger partial charge on any atom is -0.325 e. The Labute approximate surface area is 114 Å². The lowest BCUT2D eigenvalue weighted by atomic mass is 10.1. The molecule has 1 aromatic heterocycles. The molecule has 19 heavy (non-hydrogen) atoms. The predicted octanol–water partition coefficient (Wildman–Crippen LogP) is -0.0872. The van der Waals surface area contributed by atoms with Crippen LogP contribution < -0.4 is 10.5 Å². The third kappa shape index (κ3) is 3.50. The van der Waals surface area contributed by atoms with Crippen molar-refractivity contribution in [3.05, 3.63) is 24.0 Å². The lowest BCUT2D eigenvalue weighted by molar-refractivity contribution is 0.242. The van der Waals surface area contributed by atoms with E-state index < -0.39 is 10.0 Å². The fourth-order valence-electron chi connectivity index (χ4n) is 2.37. The number of nitrogens with one attached hydrogen (secondary N) is 1. The Balaban J connectivity index is 2.18. The third-order valence-corrected chi connectivity index (χ3v) is 4.87. The Hall–Kier alpha value is -1.02. The van der Waals surface area contributed by atoms with E-state index in [1.165, 1.54) is 0 Å². The zero-order valence-electron chi connectivity index (χ0n) is 11.0. The largest absolute Gasteiger partial charge is 0.325 e. The molecule has 0 radical (unpaired) electrons. The van der Waals surface area contributed by atoms with Gasteiger partial charge in [0.1, 0.15) is 4.90 Å². The summed E-state index contributed by atoms with van der Waals surface area (Å²) in [5.41, 5.74) is 5.94. The molecule has 0 aromatic carbocycles. The first-order chi connectivity index (χ1) is 9.03. The van der Waals surface area contributed by atoms with Crippen LogP contribution in [-0.4, -0.2) is 44.5 Å². The van der Waals surface area contributed by atoms with Crippen LogP contribution >= 0.6 is 0 Å². The average molecular weight is 284 g/mol. The average Bonchev–Trinajstić information content (AvgIpc) is 2.38. The number of sulfonamides is 1. The topological polar surface area (TPSA) is 88.3 Å². The Morgan fingerprint density at radius 2 is 2.37 bits per heavy atom. The summed E-state index contributed by atoms with van der Waals surface area (Å²) in [6.45, 7) is 1.86. The maximum absolute atomic E-state index is 12.4. The molecular weight excluding hydrogens is 264 g/mol. The van der Waals surface area contributed by atoms with Crippen molar-refractivity contribution in [1.82, 2.24) is 14.6 Å². The number of hydrogen-bond acceptors (Lipinski definition) is 5. The monoisotopic (exact) mass is 284 g/mol. The predicted molar refractivity (Wildman–Crippen MR) is 73.0 cm³/mol. The quantitative estimate of drug-likeness (QED) is 0.807. The highest BCUT2D eigenvalue weighted by molar-refractivity contribution is 7.89. The molecule has 0 saturated carbocycles. The summed E-state index contributed by atoms with van der Waals surface area (Å²) < 4.78 is 27.5. The fraction of sp³-hybridized carbons (Fsp3) is 0.583. The molecule has 6 nitrogen and oxygen atoms in total. The van der Waals surface area contributed by atoms with Crippen LogP contribution in [0, 0.1) is 0 Å². The van der Waals surface area contributed by atoms with Gasteiger partial charge in [-0.25, -0.2) is 13.1 Å². The smallest absolute Gasteiger partial charge is 0.242 e. The summed E-state index contributed by atoms with van der Waals surface area (Å²) in [5, 5.41) is 0. The number of piperidine rings is 1. The molecule has 1 aliphatic heterocycles. The van der Waals surface area contributed by atoms with E-state index in [1.807, 2.05) is 7.05 Å². The van der Waals surface area contributed by atoms with Crippen LogP contribution in [0.15, 0.2) is 23.2 Å². The second kappa shape index (κ2) is 5.96. The van der Waals surface area contributed by atoms with Gasteiger partial charge in [0.05, 0.1) is 5.69 Å². The van der Waals surface area contributed by atoms with Gasteiger partial charge in [-0.15, -0.1) is 0 Å². The Kier molecular flexibility index (Phi) is 4.51. The van der Waals surface area contributed by atoms with Crippen molar-refractivity contribution in [3.63, 3.8) is 0 Å². The van der Waals surface area contributed by atoms with Gasteiger partial charge in [0.15, 0.2) is 0 Å². The fourth-order valence-corrected chi connectivity index (χ4v) is 3.83. The molecule has 1 atom stereocenters. The molecule has 2 heterocycles. The number of nitrogens with zero attached hydrogens (tertiary/aromatic N) is 2. The SMILES string of the molecule is CN1CCCC(NS(=O)(=O)c2cccnc2CN)C1. The molecule has 1 fully saturated rings. The first-order valence-corrected chi connectivity index (χ1v) is 7.86. The van der Waals surface area contributed by atoms with E-state index in [2.05, 4.69) is 14.6 Å². The molecule has 3 N–H and O–H groups in total. The van der Waals surface area contributed by atoms with Gasteiger partial charge in [0, 0.05) is 25.3 Å². The number of pyridine rings is 1. The molecule has 0 bridgehead atoms. The van der Waals surface area contributed by atoms with Gasteiger partial charge >= 0.3 is 0 Å². The van der Waals surface area contributed by atoms with Crippen molar-refractivity contribution in [1.29, 1.82) is 0 Å². The third-order valence-electron chi connectivity index (χ3n) is 3.28. The van der Waals surface area contributed by atoms with Gasteiger partial charge < -0.3 is 10.6 Å². The van der Waals surface area contributed by atoms with Gasteiger partial charge in [0.25, 0.3) is 0 Å². The second-order valence-electron chi connectivity index (χ2n) is 4.88. The standard InChI is InChI=1S/C12H20N4O2S/c1-16-7-3-4-10(9-16)15-19(17,18)12-5-2-6-14-11(12)8-13/h2,5-6,10,15H,3-4,7-9,13H2,1H3. The first-order valence-electron chi connectivity index (χ1n) is 6.38. The number of nitrogens with two attached hydrogens (primary N) is 1. The van der Waals surface area contributed by atoms with Crippen LogP contribution in [0.5, 0.6) is 0 Å². The molecule has 0 amide bonds. The van der Waals surface area contributed by atoms with Crippen LogP contribution in [0.25, 0.3) is 0 Å². The number of hydrogen-bond donors (Lipinski definition) is 2. The maximum atomic E-state index is 12.4. The van der Waals surface area contributed by atoms with Gasteiger partial charge in [-0.3, -0.25) is 4.98 Å². The van der Waals surface area contributed by atoms with E-state index in [1.54, 1.807) is 18.3 Å². The van der Waals surface area contributed by atoms with E-state index >= 15 is 0 Å². The van der Waals surface area contributed by atoms with E-state index in [-0.39, 0.29) is 17.5 Å². The van der Waals surface area contributed by atoms with Crippen LogP contribution in [0.4, 0.5) is 0 Å². The minimum atomic E-state index is -3.55. The van der Waals surface area contributed by atoms with Crippen molar-refractivity contribution >= 4 is 10.0 Å².